The summed E-state index contributed by atoms with van der Waals surface area (Å²) in [6.07, 6.45) is 1.63. The van der Waals surface area contributed by atoms with Gasteiger partial charge in [0.05, 0.1) is 18.6 Å². The third-order valence-corrected chi connectivity index (χ3v) is 4.87. The molecule has 0 bridgehead atoms. The number of hydrogen-bond acceptors (Lipinski definition) is 4. The number of hydrogen-bond donors (Lipinski definition) is 1. The number of nitrogens with zero attached hydrogens (tertiary/aromatic N) is 1. The van der Waals surface area contributed by atoms with Crippen molar-refractivity contribution in [3.8, 4) is 5.75 Å². The van der Waals surface area contributed by atoms with Gasteiger partial charge in [-0.2, -0.15) is 5.10 Å². The topological polar surface area (TPSA) is 50.7 Å². The fraction of sp³-hybridized carbons (Fsp3) is 0.333. The van der Waals surface area contributed by atoms with Gasteiger partial charge >= 0.3 is 0 Å². The molecule has 0 aromatic heterocycles. The average Bonchev–Trinajstić information content (AvgIpc) is 2.59. The van der Waals surface area contributed by atoms with E-state index < -0.39 is 0 Å². The van der Waals surface area contributed by atoms with E-state index in [0.29, 0.717) is 12.4 Å². The van der Waals surface area contributed by atoms with Gasteiger partial charge in [-0.1, -0.05) is 17.7 Å². The van der Waals surface area contributed by atoms with Crippen LogP contribution in [0.25, 0.3) is 0 Å². The molecule has 0 fully saturated rings. The van der Waals surface area contributed by atoms with E-state index in [1.807, 2.05) is 31.2 Å². The van der Waals surface area contributed by atoms with Crippen LogP contribution in [0.1, 0.15) is 34.7 Å². The molecule has 0 heterocycles. The number of ether oxygens (including phenoxy) is 1. The van der Waals surface area contributed by atoms with Crippen LogP contribution in [-0.2, 0) is 10.5 Å². The van der Waals surface area contributed by atoms with Gasteiger partial charge in [0.1, 0.15) is 5.75 Å². The summed E-state index contributed by atoms with van der Waals surface area (Å²) in [7, 11) is 0. The number of carbonyl (C=O) groups excluding carboxylic acids is 1. The van der Waals surface area contributed by atoms with Gasteiger partial charge in [0.25, 0.3) is 0 Å². The minimum Gasteiger partial charge on any atom is -0.494 e. The van der Waals surface area contributed by atoms with Gasteiger partial charge in [-0.15, -0.1) is 11.8 Å². The minimum atomic E-state index is -0.0976. The van der Waals surface area contributed by atoms with Crippen molar-refractivity contribution in [2.24, 2.45) is 5.10 Å². The average molecular weight is 371 g/mol. The van der Waals surface area contributed by atoms with Gasteiger partial charge in [0.2, 0.25) is 5.91 Å². The number of hydrazone groups is 1. The normalized spacial score (nSPS) is 10.9. The largest absolute Gasteiger partial charge is 0.494 e. The zero-order valence-corrected chi connectivity index (χ0v) is 16.7. The van der Waals surface area contributed by atoms with Gasteiger partial charge in [-0.05, 0) is 74.2 Å². The molecule has 0 radical (unpaired) electrons. The van der Waals surface area contributed by atoms with E-state index in [4.69, 9.17) is 4.74 Å². The van der Waals surface area contributed by atoms with Gasteiger partial charge in [-0.3, -0.25) is 4.79 Å². The van der Waals surface area contributed by atoms with Crippen LogP contribution in [0.15, 0.2) is 41.5 Å². The van der Waals surface area contributed by atoms with Crippen molar-refractivity contribution in [1.82, 2.24) is 5.43 Å². The Morgan fingerprint density at radius 2 is 1.81 bits per heavy atom. The highest BCUT2D eigenvalue weighted by Gasteiger charge is 2.06. The molecule has 26 heavy (non-hydrogen) atoms. The quantitative estimate of drug-likeness (QED) is 0.554. The van der Waals surface area contributed by atoms with Crippen molar-refractivity contribution in [3.05, 3.63) is 64.2 Å². The number of benzene rings is 2. The molecular weight excluding hydrogens is 344 g/mol. The van der Waals surface area contributed by atoms with Crippen LogP contribution >= 0.6 is 11.8 Å². The van der Waals surface area contributed by atoms with Crippen LogP contribution < -0.4 is 10.2 Å². The van der Waals surface area contributed by atoms with Crippen molar-refractivity contribution in [1.29, 1.82) is 0 Å². The number of nitrogens with one attached hydrogen (secondary N) is 1. The molecule has 2 aromatic rings. The second-order valence-corrected chi connectivity index (χ2v) is 7.15. The zero-order valence-electron chi connectivity index (χ0n) is 15.8. The predicted molar refractivity (Wildman–Crippen MR) is 110 cm³/mol. The summed E-state index contributed by atoms with van der Waals surface area (Å²) in [6.45, 7) is 8.94. The summed E-state index contributed by atoms with van der Waals surface area (Å²) in [5.41, 5.74) is 8.63. The summed E-state index contributed by atoms with van der Waals surface area (Å²) in [6, 6.07) is 11.9. The van der Waals surface area contributed by atoms with Crippen molar-refractivity contribution < 1.29 is 9.53 Å². The molecular formula is C21H26N2O2S. The number of amides is 1. The van der Waals surface area contributed by atoms with Crippen LogP contribution in [0.5, 0.6) is 5.75 Å². The highest BCUT2D eigenvalue weighted by molar-refractivity contribution is 7.99. The van der Waals surface area contributed by atoms with Crippen molar-refractivity contribution >= 4 is 23.9 Å². The Balaban J connectivity index is 1.77. The number of rotatable bonds is 8. The molecule has 5 heteroatoms. The number of aryl methyl sites for hydroxylation is 3. The van der Waals surface area contributed by atoms with E-state index >= 15 is 0 Å². The second-order valence-electron chi connectivity index (χ2n) is 6.17. The fourth-order valence-corrected chi connectivity index (χ4v) is 3.72. The van der Waals surface area contributed by atoms with Crippen molar-refractivity contribution in [2.75, 3.05) is 12.4 Å². The Morgan fingerprint density at radius 3 is 2.42 bits per heavy atom. The molecule has 138 valence electrons. The Morgan fingerprint density at radius 1 is 1.15 bits per heavy atom. The lowest BCUT2D eigenvalue weighted by Gasteiger charge is -2.10. The van der Waals surface area contributed by atoms with Crippen molar-refractivity contribution in [2.45, 2.75) is 33.4 Å². The number of thioether (sulfide) groups is 1. The summed E-state index contributed by atoms with van der Waals surface area (Å²) < 4.78 is 5.39. The Hall–Kier alpha value is -2.27. The molecule has 0 spiro atoms. The van der Waals surface area contributed by atoms with E-state index in [0.717, 1.165) is 17.1 Å². The van der Waals surface area contributed by atoms with E-state index in [-0.39, 0.29) is 5.91 Å². The van der Waals surface area contributed by atoms with Gasteiger partial charge in [0, 0.05) is 5.75 Å². The maximum Gasteiger partial charge on any atom is 0.250 e. The first-order valence-electron chi connectivity index (χ1n) is 8.69. The van der Waals surface area contributed by atoms with E-state index in [2.05, 4.69) is 43.4 Å². The maximum atomic E-state index is 11.9. The lowest BCUT2D eigenvalue weighted by Crippen LogP contribution is -2.19. The third kappa shape index (κ3) is 6.23. The van der Waals surface area contributed by atoms with Crippen LogP contribution in [0.3, 0.4) is 0 Å². The standard InChI is InChI=1S/C21H26N2O2S/c1-5-25-19-8-6-18(7-9-19)12-22-23-21(24)14-26-13-20-16(3)10-15(2)11-17(20)4/h6-12H,5,13-14H2,1-4H3,(H,23,24). The molecule has 0 aliphatic heterocycles. The molecule has 4 nitrogen and oxygen atoms in total. The number of carbonyl (C=O) groups is 1. The maximum absolute atomic E-state index is 11.9. The molecule has 0 aliphatic rings. The third-order valence-electron chi connectivity index (χ3n) is 3.91. The minimum absolute atomic E-state index is 0.0976. The van der Waals surface area contributed by atoms with Gasteiger partial charge in [-0.25, -0.2) is 5.43 Å². The van der Waals surface area contributed by atoms with Crippen LogP contribution in [0.2, 0.25) is 0 Å². The fourth-order valence-electron chi connectivity index (χ4n) is 2.71. The highest BCUT2D eigenvalue weighted by atomic mass is 32.2. The summed E-state index contributed by atoms with van der Waals surface area (Å²) >= 11 is 1.60. The first-order valence-corrected chi connectivity index (χ1v) is 9.84. The summed E-state index contributed by atoms with van der Waals surface area (Å²) in [4.78, 5) is 11.9. The van der Waals surface area contributed by atoms with Crippen LogP contribution in [-0.4, -0.2) is 24.5 Å². The molecule has 2 aromatic carbocycles. The van der Waals surface area contributed by atoms with Crippen LogP contribution in [0, 0.1) is 20.8 Å². The lowest BCUT2D eigenvalue weighted by atomic mass is 10.0. The highest BCUT2D eigenvalue weighted by Crippen LogP contribution is 2.21. The summed E-state index contributed by atoms with van der Waals surface area (Å²) in [5, 5.41) is 4.01. The van der Waals surface area contributed by atoms with Crippen molar-refractivity contribution in [3.63, 3.8) is 0 Å². The molecule has 0 aliphatic carbocycles. The molecule has 0 atom stereocenters. The Bertz CT molecular complexity index is 747. The first kappa shape index (κ1) is 20.0. The predicted octanol–water partition coefficient (Wildman–Crippen LogP) is 4.39. The van der Waals surface area contributed by atoms with Crippen LogP contribution in [0.4, 0.5) is 0 Å². The van der Waals surface area contributed by atoms with E-state index in [1.165, 1.54) is 22.3 Å². The first-order chi connectivity index (χ1) is 12.5. The summed E-state index contributed by atoms with van der Waals surface area (Å²) in [5.74, 6) is 1.94. The molecule has 2 rings (SSSR count). The smallest absolute Gasteiger partial charge is 0.250 e. The molecule has 1 N–H and O–H groups in total. The molecule has 1 amide bonds. The second kappa shape index (κ2) is 10.0. The zero-order chi connectivity index (χ0) is 18.9. The molecule has 0 unspecified atom stereocenters. The van der Waals surface area contributed by atoms with E-state index in [9.17, 15) is 4.79 Å². The Kier molecular flexibility index (Phi) is 7.73. The monoisotopic (exact) mass is 370 g/mol. The molecule has 0 saturated carbocycles. The van der Waals surface area contributed by atoms with Gasteiger partial charge < -0.3 is 4.74 Å². The molecule has 0 saturated heterocycles. The lowest BCUT2D eigenvalue weighted by molar-refractivity contribution is -0.118. The SMILES string of the molecule is CCOc1ccc(C=NNC(=O)CSCc2c(C)cc(C)cc2C)cc1. The van der Waals surface area contributed by atoms with E-state index in [1.54, 1.807) is 18.0 Å². The van der Waals surface area contributed by atoms with Gasteiger partial charge in [0.15, 0.2) is 0 Å². The Labute approximate surface area is 160 Å².